The molecule has 3 saturated heterocycles. The van der Waals surface area contributed by atoms with E-state index in [-0.39, 0.29) is 5.96 Å². The molecule has 0 saturated carbocycles. The fourth-order valence-corrected chi connectivity index (χ4v) is 3.83. The van der Waals surface area contributed by atoms with Gasteiger partial charge in [0.25, 0.3) is 0 Å². The lowest BCUT2D eigenvalue weighted by atomic mass is 9.85. The molecule has 0 aromatic heterocycles. The molecule has 3 aliphatic rings. The van der Waals surface area contributed by atoms with Gasteiger partial charge in [0.15, 0.2) is 17.7 Å². The number of hydrogen-bond donors (Lipinski definition) is 7. The fourth-order valence-electron chi connectivity index (χ4n) is 3.83. The summed E-state index contributed by atoms with van der Waals surface area (Å²) in [6.45, 7) is -1.04. The zero-order chi connectivity index (χ0) is 21.6. The molecule has 0 aromatic carbocycles. The summed E-state index contributed by atoms with van der Waals surface area (Å²) in [7, 11) is 0. The molecule has 14 heteroatoms. The van der Waals surface area contributed by atoms with Crippen molar-refractivity contribution in [3.8, 4) is 0 Å². The Hall–Kier alpha value is -2.58. The molecule has 4 atom stereocenters. The highest BCUT2D eigenvalue weighted by atomic mass is 19.4. The van der Waals surface area contributed by atoms with Gasteiger partial charge >= 0.3 is 18.2 Å². The Morgan fingerprint density at radius 1 is 1.34 bits per heavy atom. The number of ether oxygens (including phenoxy) is 1. The minimum Gasteiger partial charge on any atom is -0.454 e. The molecule has 0 radical (unpaired) electrons. The number of urea groups is 1. The smallest absolute Gasteiger partial charge is 0.392 e. The number of halogens is 3. The lowest BCUT2D eigenvalue weighted by Crippen LogP contribution is -2.80. The zero-order valence-electron chi connectivity index (χ0n) is 14.9. The normalized spacial score (nSPS) is 33.0. The average molecular weight is 423 g/mol. The number of carbonyl (C=O) groups is 2. The molecule has 3 rings (SSSR count). The van der Waals surface area contributed by atoms with Gasteiger partial charge in [0.2, 0.25) is 5.79 Å². The highest BCUT2D eigenvalue weighted by Gasteiger charge is 2.75. The summed E-state index contributed by atoms with van der Waals surface area (Å²) in [6.07, 6.45) is -6.18. The molecule has 0 aliphatic carbocycles. The highest BCUT2D eigenvalue weighted by Crippen LogP contribution is 2.44. The second-order valence-electron chi connectivity index (χ2n) is 6.94. The predicted molar refractivity (Wildman–Crippen MR) is 88.1 cm³/mol. The Morgan fingerprint density at radius 3 is 2.66 bits per heavy atom. The van der Waals surface area contributed by atoms with E-state index in [1.807, 2.05) is 0 Å². The Labute approximate surface area is 162 Å². The molecule has 7 N–H and O–H groups in total. The van der Waals surface area contributed by atoms with Gasteiger partial charge in [-0.25, -0.2) is 4.79 Å². The third-order valence-electron chi connectivity index (χ3n) is 5.08. The topological polar surface area (TPSA) is 167 Å². The Balaban J connectivity index is 1.77. The van der Waals surface area contributed by atoms with Gasteiger partial charge in [-0.15, -0.1) is 0 Å². The summed E-state index contributed by atoms with van der Waals surface area (Å²) < 4.78 is 41.3. The summed E-state index contributed by atoms with van der Waals surface area (Å²) in [5, 5.41) is 46.4. The lowest BCUT2D eigenvalue weighted by molar-refractivity contribution is -0.264. The van der Waals surface area contributed by atoms with Crippen molar-refractivity contribution in [1.82, 2.24) is 20.9 Å². The van der Waals surface area contributed by atoms with Gasteiger partial charge in [-0.05, 0) is 0 Å². The van der Waals surface area contributed by atoms with Crippen LogP contribution in [-0.2, 0) is 9.53 Å². The molecule has 3 heterocycles. The monoisotopic (exact) mass is 423 g/mol. The van der Waals surface area contributed by atoms with E-state index in [0.717, 1.165) is 17.1 Å². The number of aliphatic hydroxyl groups is 3. The van der Waals surface area contributed by atoms with Crippen LogP contribution in [-0.4, -0.2) is 87.1 Å². The van der Waals surface area contributed by atoms with Gasteiger partial charge in [-0.3, -0.25) is 15.1 Å². The van der Waals surface area contributed by atoms with Crippen molar-refractivity contribution in [2.75, 3.05) is 13.2 Å². The minimum absolute atomic E-state index is 0.343. The van der Waals surface area contributed by atoms with Gasteiger partial charge in [0, 0.05) is 0 Å². The average Bonchev–Trinajstić information content (AvgIpc) is 3.07. The lowest BCUT2D eigenvalue weighted by Gasteiger charge is -2.49. The maximum Gasteiger partial charge on any atom is 0.392 e. The molecule has 1 spiro atoms. The SMILES string of the molecule is N=C1NC2[C@H](CO)NC(=O)N3C[C@H](OC(=O)C/C=C\CC(F)(F)F)C(O)(O)C23N1. The van der Waals surface area contributed by atoms with Crippen LogP contribution in [0, 0.1) is 5.41 Å². The number of esters is 1. The number of rotatable bonds is 5. The van der Waals surface area contributed by atoms with Crippen LogP contribution in [0.25, 0.3) is 0 Å². The Morgan fingerprint density at radius 2 is 2.03 bits per heavy atom. The quantitative estimate of drug-likeness (QED) is 0.152. The van der Waals surface area contributed by atoms with Crippen molar-refractivity contribution in [2.45, 2.75) is 48.7 Å². The van der Waals surface area contributed by atoms with Crippen LogP contribution in [0.1, 0.15) is 12.8 Å². The van der Waals surface area contributed by atoms with Crippen LogP contribution in [0.4, 0.5) is 18.0 Å². The number of alkyl halides is 3. The van der Waals surface area contributed by atoms with Crippen molar-refractivity contribution in [3.63, 3.8) is 0 Å². The van der Waals surface area contributed by atoms with Crippen LogP contribution >= 0.6 is 0 Å². The molecule has 3 aliphatic heterocycles. The number of aliphatic hydroxyl groups excluding tert-OH is 1. The zero-order valence-corrected chi connectivity index (χ0v) is 14.9. The summed E-state index contributed by atoms with van der Waals surface area (Å²) in [5.74, 6) is -4.25. The highest BCUT2D eigenvalue weighted by molar-refractivity contribution is 5.86. The first-order valence-corrected chi connectivity index (χ1v) is 8.60. The van der Waals surface area contributed by atoms with Gasteiger partial charge in [-0.1, -0.05) is 12.2 Å². The minimum atomic E-state index is -4.42. The second kappa shape index (κ2) is 7.03. The molecule has 2 amide bonds. The molecular weight excluding hydrogens is 403 g/mol. The van der Waals surface area contributed by atoms with Gasteiger partial charge in [-0.2, -0.15) is 13.2 Å². The molecule has 3 fully saturated rings. The number of guanidine groups is 1. The number of allylic oxidation sites excluding steroid dienone is 1. The largest absolute Gasteiger partial charge is 0.454 e. The summed E-state index contributed by atoms with van der Waals surface area (Å²) in [4.78, 5) is 25.3. The third-order valence-corrected chi connectivity index (χ3v) is 5.08. The van der Waals surface area contributed by atoms with E-state index in [0.29, 0.717) is 0 Å². The molecule has 11 nitrogen and oxygen atoms in total. The first-order chi connectivity index (χ1) is 13.4. The van der Waals surface area contributed by atoms with E-state index in [4.69, 9.17) is 10.1 Å². The van der Waals surface area contributed by atoms with Crippen LogP contribution in [0.3, 0.4) is 0 Å². The fraction of sp³-hybridized carbons (Fsp3) is 0.667. The van der Waals surface area contributed by atoms with Gasteiger partial charge < -0.3 is 36.0 Å². The first-order valence-electron chi connectivity index (χ1n) is 8.60. The third kappa shape index (κ3) is 3.47. The summed E-state index contributed by atoms with van der Waals surface area (Å²) in [5.41, 5.74) is -2.00. The Bertz CT molecular complexity index is 744. The molecule has 29 heavy (non-hydrogen) atoms. The van der Waals surface area contributed by atoms with Crippen molar-refractivity contribution in [1.29, 1.82) is 5.41 Å². The number of nitrogens with zero attached hydrogens (tertiary/aromatic N) is 1. The number of amides is 2. The van der Waals surface area contributed by atoms with Crippen LogP contribution in [0.2, 0.25) is 0 Å². The maximum absolute atomic E-state index is 12.4. The maximum atomic E-state index is 12.4. The molecule has 0 bridgehead atoms. The van der Waals surface area contributed by atoms with Crippen LogP contribution in [0.15, 0.2) is 12.2 Å². The van der Waals surface area contributed by atoms with Crippen molar-refractivity contribution in [2.24, 2.45) is 0 Å². The molecular formula is C15H20F3N5O6. The van der Waals surface area contributed by atoms with Crippen molar-refractivity contribution < 1.29 is 42.8 Å². The molecule has 162 valence electrons. The van der Waals surface area contributed by atoms with Crippen LogP contribution in [0.5, 0.6) is 0 Å². The van der Waals surface area contributed by atoms with E-state index >= 15 is 0 Å². The standard InChI is InChI=1S/C15H20F3N5O6/c16-13(17,18)4-2-1-3-9(25)29-8-5-23-12(26)20-7(6-24)10-14(23,15(8,27)28)22-11(19)21-10/h1-2,7-8,10,24,27-28H,3-6H2,(H,20,26)(H3,19,21,22)/b2-1-/t7-,8-,10?,14?/m0/s1. The van der Waals surface area contributed by atoms with Crippen molar-refractivity contribution >= 4 is 18.0 Å². The number of hydrogen-bond acceptors (Lipinski definition) is 7. The van der Waals surface area contributed by atoms with Crippen molar-refractivity contribution in [3.05, 3.63) is 12.2 Å². The molecule has 0 aromatic rings. The Kier molecular flexibility index (Phi) is 5.13. The summed E-state index contributed by atoms with van der Waals surface area (Å²) in [6, 6.07) is -2.82. The molecule has 2 unspecified atom stereocenters. The number of carbonyl (C=O) groups excluding carboxylic acids is 2. The summed E-state index contributed by atoms with van der Waals surface area (Å²) >= 11 is 0. The van der Waals surface area contributed by atoms with E-state index < -0.39 is 73.8 Å². The van der Waals surface area contributed by atoms with E-state index in [1.54, 1.807) is 0 Å². The van der Waals surface area contributed by atoms with E-state index in [2.05, 4.69) is 16.0 Å². The second-order valence-corrected chi connectivity index (χ2v) is 6.94. The van der Waals surface area contributed by atoms with Gasteiger partial charge in [0.05, 0.1) is 38.1 Å². The van der Waals surface area contributed by atoms with E-state index in [1.165, 1.54) is 0 Å². The van der Waals surface area contributed by atoms with Crippen LogP contribution < -0.4 is 16.0 Å². The van der Waals surface area contributed by atoms with Gasteiger partial charge in [0.1, 0.15) is 0 Å². The van der Waals surface area contributed by atoms with E-state index in [9.17, 15) is 38.1 Å². The predicted octanol–water partition coefficient (Wildman–Crippen LogP) is -1.93. The first kappa shape index (κ1) is 21.1. The number of nitrogens with one attached hydrogen (secondary N) is 4.